The molecule has 0 fully saturated rings. The van der Waals surface area contributed by atoms with E-state index in [-0.39, 0.29) is 6.67 Å². The molecule has 0 nitrogen and oxygen atoms in total. The summed E-state index contributed by atoms with van der Waals surface area (Å²) in [5, 5.41) is 0. The van der Waals surface area contributed by atoms with Gasteiger partial charge in [0, 0.05) is 0 Å². The van der Waals surface area contributed by atoms with E-state index in [9.17, 15) is 4.39 Å². The van der Waals surface area contributed by atoms with Crippen LogP contribution in [0.1, 0.15) is 40.0 Å². The topological polar surface area (TPSA) is 0 Å². The van der Waals surface area contributed by atoms with Gasteiger partial charge in [-0.15, -0.1) is 0 Å². The molecule has 0 heterocycles. The predicted molar refractivity (Wildman–Crippen MR) is 43.8 cm³/mol. The lowest BCUT2D eigenvalue weighted by Gasteiger charge is -2.13. The molecule has 0 spiro atoms. The van der Waals surface area contributed by atoms with Gasteiger partial charge in [0.05, 0.1) is 6.67 Å². The average Bonchev–Trinajstić information content (AvgIpc) is 1.88. The second kappa shape index (κ2) is 5.70. The highest BCUT2D eigenvalue weighted by atomic mass is 19.1. The molecule has 0 N–H and O–H groups in total. The largest absolute Gasteiger partial charge is 0.251 e. The molecule has 0 bridgehead atoms. The maximum Gasteiger partial charge on any atom is 0.0894 e. The Labute approximate surface area is 63.8 Å². The van der Waals surface area contributed by atoms with Crippen molar-refractivity contribution in [1.82, 2.24) is 0 Å². The monoisotopic (exact) mass is 146 g/mol. The third-order valence-electron chi connectivity index (χ3n) is 2.18. The van der Waals surface area contributed by atoms with Gasteiger partial charge in [-0.1, -0.05) is 33.6 Å². The van der Waals surface area contributed by atoms with Crippen LogP contribution in [0.5, 0.6) is 0 Å². The van der Waals surface area contributed by atoms with Gasteiger partial charge in [-0.3, -0.25) is 4.39 Å². The molecule has 0 saturated carbocycles. The van der Waals surface area contributed by atoms with Crippen molar-refractivity contribution in [3.05, 3.63) is 0 Å². The molecular formula is C9H19F. The van der Waals surface area contributed by atoms with Crippen LogP contribution in [0, 0.1) is 11.8 Å². The lowest BCUT2D eigenvalue weighted by atomic mass is 9.93. The summed E-state index contributed by atoms with van der Waals surface area (Å²) >= 11 is 0. The predicted octanol–water partition coefficient (Wildman–Crippen LogP) is 3.42. The molecule has 0 aromatic rings. The van der Waals surface area contributed by atoms with Gasteiger partial charge in [0.15, 0.2) is 0 Å². The Morgan fingerprint density at radius 2 is 1.70 bits per heavy atom. The van der Waals surface area contributed by atoms with Crippen molar-refractivity contribution in [3.63, 3.8) is 0 Å². The Morgan fingerprint density at radius 1 is 1.10 bits per heavy atom. The van der Waals surface area contributed by atoms with E-state index in [1.54, 1.807) is 0 Å². The van der Waals surface area contributed by atoms with Crippen molar-refractivity contribution in [2.24, 2.45) is 11.8 Å². The summed E-state index contributed by atoms with van der Waals surface area (Å²) in [6.45, 7) is 6.54. The van der Waals surface area contributed by atoms with Crippen molar-refractivity contribution >= 4 is 0 Å². The van der Waals surface area contributed by atoms with Crippen molar-refractivity contribution in [2.75, 3.05) is 6.67 Å². The number of unbranched alkanes of at least 4 members (excludes halogenated alkanes) is 1. The standard InChI is InChI=1S/C9H19F/c1-8(2)9(3)6-4-5-7-10/h8-9H,4-7H2,1-3H3. The van der Waals surface area contributed by atoms with E-state index in [0.29, 0.717) is 0 Å². The number of hydrogen-bond acceptors (Lipinski definition) is 0. The molecule has 0 amide bonds. The fourth-order valence-electron chi connectivity index (χ4n) is 0.894. The first-order chi connectivity index (χ1) is 4.68. The lowest BCUT2D eigenvalue weighted by Crippen LogP contribution is -2.03. The molecule has 0 aliphatic heterocycles. The third kappa shape index (κ3) is 4.78. The summed E-state index contributed by atoms with van der Waals surface area (Å²) in [4.78, 5) is 0. The molecule has 62 valence electrons. The first-order valence-electron chi connectivity index (χ1n) is 4.24. The maximum absolute atomic E-state index is 11.6. The first kappa shape index (κ1) is 9.93. The highest BCUT2D eigenvalue weighted by Crippen LogP contribution is 2.16. The van der Waals surface area contributed by atoms with Crippen LogP contribution in [0.25, 0.3) is 0 Å². The van der Waals surface area contributed by atoms with Crippen molar-refractivity contribution < 1.29 is 4.39 Å². The summed E-state index contributed by atoms with van der Waals surface area (Å²) in [5.41, 5.74) is 0. The van der Waals surface area contributed by atoms with Crippen LogP contribution in [0.15, 0.2) is 0 Å². The van der Waals surface area contributed by atoms with Gasteiger partial charge >= 0.3 is 0 Å². The van der Waals surface area contributed by atoms with E-state index < -0.39 is 0 Å². The number of rotatable bonds is 5. The van der Waals surface area contributed by atoms with Gasteiger partial charge in [0.2, 0.25) is 0 Å². The van der Waals surface area contributed by atoms with Crippen LogP contribution in [0.3, 0.4) is 0 Å². The SMILES string of the molecule is CC(C)C(C)CCCCF. The van der Waals surface area contributed by atoms with E-state index in [2.05, 4.69) is 20.8 Å². The van der Waals surface area contributed by atoms with Gasteiger partial charge in [0.25, 0.3) is 0 Å². The molecule has 10 heavy (non-hydrogen) atoms. The van der Waals surface area contributed by atoms with Crippen LogP contribution in [-0.4, -0.2) is 6.67 Å². The minimum absolute atomic E-state index is 0.148. The van der Waals surface area contributed by atoms with Gasteiger partial charge in [-0.25, -0.2) is 0 Å². The fraction of sp³-hybridized carbons (Fsp3) is 1.00. The smallest absolute Gasteiger partial charge is 0.0894 e. The van der Waals surface area contributed by atoms with E-state index in [1.807, 2.05) is 0 Å². The molecular weight excluding hydrogens is 127 g/mol. The Hall–Kier alpha value is -0.0700. The number of alkyl halides is 1. The van der Waals surface area contributed by atoms with E-state index in [1.165, 1.54) is 6.42 Å². The molecule has 1 unspecified atom stereocenters. The van der Waals surface area contributed by atoms with Gasteiger partial charge < -0.3 is 0 Å². The van der Waals surface area contributed by atoms with Crippen LogP contribution < -0.4 is 0 Å². The van der Waals surface area contributed by atoms with Crippen molar-refractivity contribution in [1.29, 1.82) is 0 Å². The van der Waals surface area contributed by atoms with Gasteiger partial charge in [-0.05, 0) is 18.3 Å². The van der Waals surface area contributed by atoms with Crippen LogP contribution in [0.4, 0.5) is 4.39 Å². The average molecular weight is 146 g/mol. The molecule has 1 atom stereocenters. The molecule has 0 aliphatic carbocycles. The summed E-state index contributed by atoms with van der Waals surface area (Å²) < 4.78 is 11.6. The zero-order valence-electron chi connectivity index (χ0n) is 7.36. The quantitative estimate of drug-likeness (QED) is 0.521. The second-order valence-corrected chi connectivity index (χ2v) is 3.41. The second-order valence-electron chi connectivity index (χ2n) is 3.41. The first-order valence-corrected chi connectivity index (χ1v) is 4.24. The highest BCUT2D eigenvalue weighted by molar-refractivity contribution is 4.56. The summed E-state index contributed by atoms with van der Waals surface area (Å²) in [6.07, 6.45) is 2.98. The Kier molecular flexibility index (Phi) is 5.66. The molecule has 0 aliphatic rings. The summed E-state index contributed by atoms with van der Waals surface area (Å²) in [5.74, 6) is 1.51. The van der Waals surface area contributed by atoms with Crippen molar-refractivity contribution in [2.45, 2.75) is 40.0 Å². The summed E-state index contributed by atoms with van der Waals surface area (Å²) in [7, 11) is 0. The minimum Gasteiger partial charge on any atom is -0.251 e. The third-order valence-corrected chi connectivity index (χ3v) is 2.18. The highest BCUT2D eigenvalue weighted by Gasteiger charge is 2.05. The molecule has 0 saturated heterocycles. The van der Waals surface area contributed by atoms with E-state index in [0.717, 1.165) is 24.7 Å². The Bertz CT molecular complexity index is 69.1. The number of hydrogen-bond donors (Lipinski definition) is 0. The molecule has 0 rings (SSSR count). The zero-order chi connectivity index (χ0) is 7.98. The Balaban J connectivity index is 3.13. The van der Waals surface area contributed by atoms with E-state index in [4.69, 9.17) is 0 Å². The van der Waals surface area contributed by atoms with E-state index >= 15 is 0 Å². The molecule has 1 heteroatoms. The zero-order valence-corrected chi connectivity index (χ0v) is 7.36. The molecule has 0 aromatic heterocycles. The Morgan fingerprint density at radius 3 is 2.10 bits per heavy atom. The fourth-order valence-corrected chi connectivity index (χ4v) is 0.894. The molecule has 0 radical (unpaired) electrons. The van der Waals surface area contributed by atoms with Crippen LogP contribution in [0.2, 0.25) is 0 Å². The number of halogens is 1. The van der Waals surface area contributed by atoms with Gasteiger partial charge in [0.1, 0.15) is 0 Å². The van der Waals surface area contributed by atoms with Crippen LogP contribution in [-0.2, 0) is 0 Å². The van der Waals surface area contributed by atoms with Crippen molar-refractivity contribution in [3.8, 4) is 0 Å². The normalized spacial score (nSPS) is 14.1. The maximum atomic E-state index is 11.6. The summed E-state index contributed by atoms with van der Waals surface area (Å²) in [6, 6.07) is 0. The minimum atomic E-state index is -0.148. The molecule has 0 aromatic carbocycles. The lowest BCUT2D eigenvalue weighted by molar-refractivity contribution is 0.362. The van der Waals surface area contributed by atoms with Gasteiger partial charge in [-0.2, -0.15) is 0 Å². The van der Waals surface area contributed by atoms with Crippen LogP contribution >= 0.6 is 0 Å².